The van der Waals surface area contributed by atoms with Crippen molar-refractivity contribution in [3.8, 4) is 5.88 Å². The summed E-state index contributed by atoms with van der Waals surface area (Å²) in [6, 6.07) is 4.10. The highest BCUT2D eigenvalue weighted by Gasteiger charge is 2.05. The van der Waals surface area contributed by atoms with Gasteiger partial charge < -0.3 is 10.1 Å². The van der Waals surface area contributed by atoms with Crippen LogP contribution in [0.1, 0.15) is 51.8 Å². The number of pyridine rings is 1. The van der Waals surface area contributed by atoms with Gasteiger partial charge in [0.1, 0.15) is 0 Å². The zero-order chi connectivity index (χ0) is 15.0. The maximum atomic E-state index is 5.77. The smallest absolute Gasteiger partial charge is 0.213 e. The van der Waals surface area contributed by atoms with E-state index in [1.54, 1.807) is 0 Å². The Labute approximate surface area is 124 Å². The predicted molar refractivity (Wildman–Crippen MR) is 85.1 cm³/mol. The van der Waals surface area contributed by atoms with Crippen LogP contribution >= 0.6 is 0 Å². The van der Waals surface area contributed by atoms with Crippen molar-refractivity contribution < 1.29 is 4.74 Å². The highest BCUT2D eigenvalue weighted by molar-refractivity contribution is 5.24. The Morgan fingerprint density at radius 3 is 2.60 bits per heavy atom. The van der Waals surface area contributed by atoms with Crippen LogP contribution in [0.3, 0.4) is 0 Å². The van der Waals surface area contributed by atoms with E-state index in [1.807, 2.05) is 6.07 Å². The van der Waals surface area contributed by atoms with Crippen molar-refractivity contribution in [1.29, 1.82) is 0 Å². The highest BCUT2D eigenvalue weighted by Crippen LogP contribution is 2.14. The molecule has 1 rings (SSSR count). The van der Waals surface area contributed by atoms with Crippen molar-refractivity contribution in [3.05, 3.63) is 23.4 Å². The number of hydrogen-bond donors (Lipinski definition) is 1. The summed E-state index contributed by atoms with van der Waals surface area (Å²) < 4.78 is 5.77. The lowest BCUT2D eigenvalue weighted by atomic mass is 10.1. The molecule has 1 unspecified atom stereocenters. The lowest BCUT2D eigenvalue weighted by molar-refractivity contribution is 0.242. The fourth-order valence-electron chi connectivity index (χ4n) is 2.13. The van der Waals surface area contributed by atoms with Crippen LogP contribution in [0.15, 0.2) is 12.1 Å². The molecule has 0 aliphatic carbocycles. The van der Waals surface area contributed by atoms with Crippen LogP contribution in [0.5, 0.6) is 5.88 Å². The fraction of sp³-hybridized carbons (Fsp3) is 0.706. The second-order valence-corrected chi connectivity index (χ2v) is 6.12. The Balaban J connectivity index is 2.46. The molecule has 1 aromatic rings. The average Bonchev–Trinajstić information content (AvgIpc) is 2.38. The molecule has 0 saturated heterocycles. The lowest BCUT2D eigenvalue weighted by Gasteiger charge is -2.13. The largest absolute Gasteiger partial charge is 0.477 e. The Bertz CT molecular complexity index is 391. The van der Waals surface area contributed by atoms with Gasteiger partial charge in [0.15, 0.2) is 0 Å². The third kappa shape index (κ3) is 6.38. The molecular weight excluding hydrogens is 248 g/mol. The van der Waals surface area contributed by atoms with E-state index in [9.17, 15) is 0 Å². The summed E-state index contributed by atoms with van der Waals surface area (Å²) >= 11 is 0. The lowest BCUT2D eigenvalue weighted by Crippen LogP contribution is -2.19. The number of hydrogen-bond acceptors (Lipinski definition) is 3. The number of rotatable bonds is 9. The standard InChI is InChI=1S/C17H30N2O/c1-6-7-14(4)12-20-17-9-8-16(15(5)19-17)11-18-10-13(2)3/h8-9,13-14,18H,6-7,10-12H2,1-5H3. The van der Waals surface area contributed by atoms with E-state index in [2.05, 4.69) is 51.0 Å². The molecule has 1 heterocycles. The van der Waals surface area contributed by atoms with E-state index >= 15 is 0 Å². The van der Waals surface area contributed by atoms with Crippen LogP contribution in [0.4, 0.5) is 0 Å². The SMILES string of the molecule is CCCC(C)COc1ccc(CNCC(C)C)c(C)n1. The molecule has 20 heavy (non-hydrogen) atoms. The van der Waals surface area contributed by atoms with Gasteiger partial charge in [-0.05, 0) is 37.3 Å². The minimum atomic E-state index is 0.592. The summed E-state index contributed by atoms with van der Waals surface area (Å²) in [6.45, 7) is 13.6. The zero-order valence-corrected chi connectivity index (χ0v) is 13.7. The van der Waals surface area contributed by atoms with E-state index in [4.69, 9.17) is 4.74 Å². The van der Waals surface area contributed by atoms with Crippen LogP contribution in [0, 0.1) is 18.8 Å². The van der Waals surface area contributed by atoms with Crippen molar-refractivity contribution in [1.82, 2.24) is 10.3 Å². The van der Waals surface area contributed by atoms with Crippen molar-refractivity contribution >= 4 is 0 Å². The molecule has 1 N–H and O–H groups in total. The molecule has 1 aromatic heterocycles. The van der Waals surface area contributed by atoms with Crippen LogP contribution < -0.4 is 10.1 Å². The maximum absolute atomic E-state index is 5.77. The van der Waals surface area contributed by atoms with Gasteiger partial charge in [-0.15, -0.1) is 0 Å². The first-order valence-electron chi connectivity index (χ1n) is 7.83. The Morgan fingerprint density at radius 2 is 2.00 bits per heavy atom. The normalized spacial score (nSPS) is 12.7. The summed E-state index contributed by atoms with van der Waals surface area (Å²) in [5, 5.41) is 3.45. The topological polar surface area (TPSA) is 34.1 Å². The summed E-state index contributed by atoms with van der Waals surface area (Å²) in [5.41, 5.74) is 2.31. The molecule has 0 fully saturated rings. The van der Waals surface area contributed by atoms with Gasteiger partial charge in [0.25, 0.3) is 0 Å². The molecule has 1 atom stereocenters. The molecule has 0 bridgehead atoms. The first-order chi connectivity index (χ1) is 9.52. The number of aromatic nitrogens is 1. The Morgan fingerprint density at radius 1 is 1.25 bits per heavy atom. The third-order valence-electron chi connectivity index (χ3n) is 3.33. The van der Waals surface area contributed by atoms with Gasteiger partial charge in [-0.3, -0.25) is 0 Å². The summed E-state index contributed by atoms with van der Waals surface area (Å²) in [5.74, 6) is 2.01. The summed E-state index contributed by atoms with van der Waals surface area (Å²) in [7, 11) is 0. The van der Waals surface area contributed by atoms with Gasteiger partial charge in [-0.25, -0.2) is 4.98 Å². The summed E-state index contributed by atoms with van der Waals surface area (Å²) in [4.78, 5) is 4.54. The first kappa shape index (κ1) is 17.0. The van der Waals surface area contributed by atoms with Crippen molar-refractivity contribution in [3.63, 3.8) is 0 Å². The van der Waals surface area contributed by atoms with Gasteiger partial charge in [-0.2, -0.15) is 0 Å². The molecule has 114 valence electrons. The zero-order valence-electron chi connectivity index (χ0n) is 13.7. The van der Waals surface area contributed by atoms with Crippen LogP contribution in [0.2, 0.25) is 0 Å². The molecule has 0 amide bonds. The van der Waals surface area contributed by atoms with E-state index in [0.717, 1.165) is 31.3 Å². The van der Waals surface area contributed by atoms with Gasteiger partial charge in [0.2, 0.25) is 5.88 Å². The van der Waals surface area contributed by atoms with E-state index in [1.165, 1.54) is 18.4 Å². The van der Waals surface area contributed by atoms with Crippen LogP contribution in [0.25, 0.3) is 0 Å². The number of nitrogens with one attached hydrogen (secondary N) is 1. The quantitative estimate of drug-likeness (QED) is 0.742. The molecule has 3 heteroatoms. The first-order valence-corrected chi connectivity index (χ1v) is 7.83. The minimum absolute atomic E-state index is 0.592. The monoisotopic (exact) mass is 278 g/mol. The Hall–Kier alpha value is -1.09. The van der Waals surface area contributed by atoms with Gasteiger partial charge >= 0.3 is 0 Å². The average molecular weight is 278 g/mol. The van der Waals surface area contributed by atoms with E-state index in [0.29, 0.717) is 11.8 Å². The second kappa shape index (κ2) is 8.96. The van der Waals surface area contributed by atoms with E-state index < -0.39 is 0 Å². The van der Waals surface area contributed by atoms with Crippen molar-refractivity contribution in [2.75, 3.05) is 13.2 Å². The second-order valence-electron chi connectivity index (χ2n) is 6.12. The molecule has 0 radical (unpaired) electrons. The number of aryl methyl sites for hydroxylation is 1. The molecular formula is C17H30N2O. The minimum Gasteiger partial charge on any atom is -0.477 e. The highest BCUT2D eigenvalue weighted by atomic mass is 16.5. The molecule has 0 aliphatic heterocycles. The van der Waals surface area contributed by atoms with Gasteiger partial charge in [0.05, 0.1) is 6.61 Å². The molecule has 0 saturated carbocycles. The Kier molecular flexibility index (Phi) is 7.60. The predicted octanol–water partition coefficient (Wildman–Crippen LogP) is 3.95. The van der Waals surface area contributed by atoms with Crippen LogP contribution in [-0.4, -0.2) is 18.1 Å². The van der Waals surface area contributed by atoms with E-state index in [-0.39, 0.29) is 0 Å². The van der Waals surface area contributed by atoms with Crippen molar-refractivity contribution in [2.24, 2.45) is 11.8 Å². The van der Waals surface area contributed by atoms with Crippen LogP contribution in [-0.2, 0) is 6.54 Å². The molecule has 3 nitrogen and oxygen atoms in total. The van der Waals surface area contributed by atoms with Crippen molar-refractivity contribution in [2.45, 2.75) is 54.0 Å². The number of nitrogens with zero attached hydrogens (tertiary/aromatic N) is 1. The molecule has 0 aliphatic rings. The van der Waals surface area contributed by atoms with Gasteiger partial charge in [-0.1, -0.05) is 40.2 Å². The summed E-state index contributed by atoms with van der Waals surface area (Å²) in [6.07, 6.45) is 2.41. The fourth-order valence-corrected chi connectivity index (χ4v) is 2.13. The van der Waals surface area contributed by atoms with Gasteiger partial charge in [0, 0.05) is 18.3 Å². The maximum Gasteiger partial charge on any atom is 0.213 e. The third-order valence-corrected chi connectivity index (χ3v) is 3.33. The molecule has 0 aromatic carbocycles. The molecule has 0 spiro atoms. The number of ether oxygens (including phenoxy) is 1.